The molecule has 0 unspecified atom stereocenters. The van der Waals surface area contributed by atoms with Crippen LogP contribution >= 0.6 is 0 Å². The molecule has 0 aliphatic rings. The largest absolute Gasteiger partial charge is 0.398 e. The number of benzene rings is 1. The minimum atomic E-state index is -0.282. The van der Waals surface area contributed by atoms with Crippen molar-refractivity contribution in [3.05, 3.63) is 53.9 Å². The van der Waals surface area contributed by atoms with Crippen LogP contribution in [-0.2, 0) is 12.8 Å². The molecule has 0 aliphatic heterocycles. The van der Waals surface area contributed by atoms with Crippen LogP contribution in [0, 0.1) is 5.82 Å². The minimum Gasteiger partial charge on any atom is -0.398 e. The third-order valence-corrected chi connectivity index (χ3v) is 2.74. The van der Waals surface area contributed by atoms with Crippen LogP contribution in [0.15, 0.2) is 41.9 Å². The molecular weight excluding hydrogens is 239 g/mol. The van der Waals surface area contributed by atoms with Gasteiger partial charge in [-0.25, -0.2) is 4.39 Å². The van der Waals surface area contributed by atoms with E-state index in [9.17, 15) is 4.39 Å². The van der Waals surface area contributed by atoms with E-state index < -0.39 is 0 Å². The first-order valence-corrected chi connectivity index (χ1v) is 6.26. The molecule has 0 atom stereocenters. The maximum absolute atomic E-state index is 13.9. The smallest absolute Gasteiger partial charge is 0.128 e. The topological polar surface area (TPSA) is 38.4 Å². The first kappa shape index (κ1) is 15.2. The second-order valence-electron chi connectivity index (χ2n) is 4.82. The number of nitrogen functional groups attached to an aromatic ring is 1. The van der Waals surface area contributed by atoms with Gasteiger partial charge in [0.25, 0.3) is 0 Å². The SMILES string of the molecule is C=CCc1cc(CC(C)=NCC(=C)C)c(F)cc1N. The highest BCUT2D eigenvalue weighted by molar-refractivity contribution is 5.84. The van der Waals surface area contributed by atoms with Crippen molar-refractivity contribution in [3.63, 3.8) is 0 Å². The Labute approximate surface area is 114 Å². The van der Waals surface area contributed by atoms with Crippen molar-refractivity contribution in [1.82, 2.24) is 0 Å². The van der Waals surface area contributed by atoms with E-state index in [4.69, 9.17) is 5.73 Å². The summed E-state index contributed by atoms with van der Waals surface area (Å²) in [6.07, 6.45) is 2.89. The van der Waals surface area contributed by atoms with Crippen LogP contribution < -0.4 is 5.73 Å². The highest BCUT2D eigenvalue weighted by Crippen LogP contribution is 2.19. The molecule has 1 aromatic carbocycles. The van der Waals surface area contributed by atoms with Gasteiger partial charge in [-0.2, -0.15) is 0 Å². The average molecular weight is 260 g/mol. The normalized spacial score (nSPS) is 11.4. The Morgan fingerprint density at radius 3 is 2.63 bits per heavy atom. The van der Waals surface area contributed by atoms with Crippen molar-refractivity contribution in [2.24, 2.45) is 4.99 Å². The van der Waals surface area contributed by atoms with Gasteiger partial charge in [0.1, 0.15) is 5.82 Å². The molecule has 3 heteroatoms. The summed E-state index contributed by atoms with van der Waals surface area (Å²) < 4.78 is 13.9. The number of nitrogens with zero attached hydrogens (tertiary/aromatic N) is 1. The summed E-state index contributed by atoms with van der Waals surface area (Å²) in [5, 5.41) is 0. The molecule has 1 aromatic rings. The van der Waals surface area contributed by atoms with Crippen LogP contribution in [0.4, 0.5) is 10.1 Å². The van der Waals surface area contributed by atoms with Crippen LogP contribution in [0.5, 0.6) is 0 Å². The molecule has 0 heterocycles. The molecule has 0 aromatic heterocycles. The van der Waals surface area contributed by atoms with Gasteiger partial charge in [0, 0.05) is 17.8 Å². The Hall–Kier alpha value is -1.90. The Morgan fingerprint density at radius 1 is 1.37 bits per heavy atom. The summed E-state index contributed by atoms with van der Waals surface area (Å²) in [4.78, 5) is 4.36. The minimum absolute atomic E-state index is 0.282. The molecule has 0 saturated carbocycles. The van der Waals surface area contributed by atoms with Gasteiger partial charge in [-0.3, -0.25) is 4.99 Å². The fraction of sp³-hybridized carbons (Fsp3) is 0.312. The van der Waals surface area contributed by atoms with Crippen molar-refractivity contribution in [2.75, 3.05) is 12.3 Å². The van der Waals surface area contributed by atoms with E-state index in [0.29, 0.717) is 30.6 Å². The molecule has 1 rings (SSSR count). The summed E-state index contributed by atoms with van der Waals surface area (Å²) in [5.41, 5.74) is 9.64. The lowest BCUT2D eigenvalue weighted by Gasteiger charge is -2.09. The van der Waals surface area contributed by atoms with Gasteiger partial charge in [-0.15, -0.1) is 6.58 Å². The molecule has 0 spiro atoms. The van der Waals surface area contributed by atoms with Gasteiger partial charge in [0.05, 0.1) is 6.54 Å². The summed E-state index contributed by atoms with van der Waals surface area (Å²) in [5.74, 6) is -0.282. The van der Waals surface area contributed by atoms with Crippen molar-refractivity contribution in [1.29, 1.82) is 0 Å². The summed E-state index contributed by atoms with van der Waals surface area (Å²) in [7, 11) is 0. The third kappa shape index (κ3) is 4.70. The van der Waals surface area contributed by atoms with E-state index in [0.717, 1.165) is 16.8 Å². The zero-order chi connectivity index (χ0) is 14.4. The predicted octanol–water partition coefficient (Wildman–Crippen LogP) is 3.72. The van der Waals surface area contributed by atoms with Gasteiger partial charge >= 0.3 is 0 Å². The summed E-state index contributed by atoms with van der Waals surface area (Å²) in [6, 6.07) is 3.17. The summed E-state index contributed by atoms with van der Waals surface area (Å²) >= 11 is 0. The zero-order valence-corrected chi connectivity index (χ0v) is 11.7. The monoisotopic (exact) mass is 260 g/mol. The van der Waals surface area contributed by atoms with Crippen molar-refractivity contribution >= 4 is 11.4 Å². The summed E-state index contributed by atoms with van der Waals surface area (Å²) in [6.45, 7) is 11.9. The van der Waals surface area contributed by atoms with Gasteiger partial charge in [0.2, 0.25) is 0 Å². The van der Waals surface area contributed by atoms with Crippen LogP contribution in [0.2, 0.25) is 0 Å². The Kier molecular flexibility index (Phi) is 5.49. The number of allylic oxidation sites excluding steroid dienone is 1. The molecule has 19 heavy (non-hydrogen) atoms. The molecule has 0 aliphatic carbocycles. The lowest BCUT2D eigenvalue weighted by atomic mass is 10.0. The van der Waals surface area contributed by atoms with Gasteiger partial charge in [-0.05, 0) is 37.5 Å². The Bertz CT molecular complexity index is 516. The molecule has 0 fully saturated rings. The number of halogens is 1. The van der Waals surface area contributed by atoms with E-state index in [1.165, 1.54) is 6.07 Å². The maximum Gasteiger partial charge on any atom is 0.128 e. The van der Waals surface area contributed by atoms with E-state index in [-0.39, 0.29) is 5.82 Å². The van der Waals surface area contributed by atoms with Crippen molar-refractivity contribution in [2.45, 2.75) is 26.7 Å². The molecule has 0 amide bonds. The fourth-order valence-corrected chi connectivity index (χ4v) is 1.75. The van der Waals surface area contributed by atoms with Gasteiger partial charge < -0.3 is 5.73 Å². The van der Waals surface area contributed by atoms with Crippen molar-refractivity contribution < 1.29 is 4.39 Å². The van der Waals surface area contributed by atoms with E-state index in [2.05, 4.69) is 18.2 Å². The number of aliphatic imine (C=N–C) groups is 1. The number of hydrogen-bond acceptors (Lipinski definition) is 2. The third-order valence-electron chi connectivity index (χ3n) is 2.74. The first-order chi connectivity index (χ1) is 8.93. The van der Waals surface area contributed by atoms with Crippen LogP contribution in [0.1, 0.15) is 25.0 Å². The second kappa shape index (κ2) is 6.88. The van der Waals surface area contributed by atoms with Crippen LogP contribution in [0.25, 0.3) is 0 Å². The number of hydrogen-bond donors (Lipinski definition) is 1. The number of rotatable bonds is 6. The molecule has 0 saturated heterocycles. The number of nitrogens with two attached hydrogens (primary N) is 1. The van der Waals surface area contributed by atoms with Crippen LogP contribution in [-0.4, -0.2) is 12.3 Å². The Balaban J connectivity index is 2.94. The molecule has 0 bridgehead atoms. The first-order valence-electron chi connectivity index (χ1n) is 6.26. The zero-order valence-electron chi connectivity index (χ0n) is 11.7. The molecule has 2 nitrogen and oxygen atoms in total. The highest BCUT2D eigenvalue weighted by atomic mass is 19.1. The molecule has 0 radical (unpaired) electrons. The molecular formula is C16H21FN2. The molecule has 2 N–H and O–H groups in total. The van der Waals surface area contributed by atoms with Crippen LogP contribution in [0.3, 0.4) is 0 Å². The van der Waals surface area contributed by atoms with Crippen molar-refractivity contribution in [3.8, 4) is 0 Å². The lowest BCUT2D eigenvalue weighted by Crippen LogP contribution is -2.05. The van der Waals surface area contributed by atoms with E-state index in [1.807, 2.05) is 13.8 Å². The molecule has 102 valence electrons. The van der Waals surface area contributed by atoms with Gasteiger partial charge in [-0.1, -0.05) is 24.3 Å². The predicted molar refractivity (Wildman–Crippen MR) is 81.2 cm³/mol. The number of anilines is 1. The average Bonchev–Trinajstić information content (AvgIpc) is 2.33. The Morgan fingerprint density at radius 2 is 2.05 bits per heavy atom. The standard InChI is InChI=1S/C16H21FN2/c1-5-6-13-8-14(15(17)9-16(13)18)7-12(4)19-10-11(2)3/h5,8-9H,1-2,6-7,10,18H2,3-4H3. The highest BCUT2D eigenvalue weighted by Gasteiger charge is 2.08. The second-order valence-corrected chi connectivity index (χ2v) is 4.82. The maximum atomic E-state index is 13.9. The van der Waals surface area contributed by atoms with Gasteiger partial charge in [0.15, 0.2) is 0 Å². The fourth-order valence-electron chi connectivity index (χ4n) is 1.75. The lowest BCUT2D eigenvalue weighted by molar-refractivity contribution is 0.616. The quantitative estimate of drug-likeness (QED) is 0.472. The van der Waals surface area contributed by atoms with E-state index >= 15 is 0 Å². The van der Waals surface area contributed by atoms with E-state index in [1.54, 1.807) is 12.1 Å².